The summed E-state index contributed by atoms with van der Waals surface area (Å²) in [4.78, 5) is 27.4. The van der Waals surface area contributed by atoms with Crippen molar-refractivity contribution in [3.63, 3.8) is 0 Å². The van der Waals surface area contributed by atoms with Gasteiger partial charge < -0.3 is 19.3 Å². The molecule has 1 atom stereocenters. The molecule has 1 heterocycles. The zero-order chi connectivity index (χ0) is 23.1. The highest BCUT2D eigenvalue weighted by atomic mass is 16.5. The third-order valence-electron chi connectivity index (χ3n) is 5.48. The number of nitrogens with zero attached hydrogens (tertiary/aromatic N) is 2. The number of hydrogen-bond acceptors (Lipinski definition) is 4. The van der Waals surface area contributed by atoms with Crippen molar-refractivity contribution in [3.05, 3.63) is 69.6 Å². The van der Waals surface area contributed by atoms with Gasteiger partial charge in [-0.3, -0.25) is 4.79 Å². The lowest BCUT2D eigenvalue weighted by Gasteiger charge is -2.31. The van der Waals surface area contributed by atoms with E-state index in [1.807, 2.05) is 56.1 Å². The summed E-state index contributed by atoms with van der Waals surface area (Å²) in [5, 5.41) is 11.3. The molecule has 6 nitrogen and oxygen atoms in total. The summed E-state index contributed by atoms with van der Waals surface area (Å²) in [6, 6.07) is 13.4. The average molecular weight is 423 g/mol. The van der Waals surface area contributed by atoms with Crippen molar-refractivity contribution >= 4 is 28.1 Å². The maximum absolute atomic E-state index is 13.1. The highest BCUT2D eigenvalue weighted by Gasteiger charge is 2.33. The lowest BCUT2D eigenvalue weighted by molar-refractivity contribution is -0.161. The molecule has 164 valence electrons. The zero-order valence-corrected chi connectivity index (χ0v) is 19.2. The topological polar surface area (TPSA) is 71.8 Å². The molecule has 0 amide bonds. The molecule has 6 heteroatoms. The van der Waals surface area contributed by atoms with Gasteiger partial charge in [0, 0.05) is 30.6 Å². The summed E-state index contributed by atoms with van der Waals surface area (Å²) >= 11 is 0. The predicted molar refractivity (Wildman–Crippen MR) is 124 cm³/mol. The Labute approximate surface area is 182 Å². The van der Waals surface area contributed by atoms with Crippen molar-refractivity contribution in [3.8, 4) is 0 Å². The van der Waals surface area contributed by atoms with E-state index in [0.29, 0.717) is 22.2 Å². The minimum Gasteiger partial charge on any atom is -0.479 e. The first-order chi connectivity index (χ1) is 14.4. The average Bonchev–Trinajstić information content (AvgIpc) is 2.69. The monoisotopic (exact) mass is 422 g/mol. The maximum atomic E-state index is 13.1. The lowest BCUT2D eigenvalue weighted by Crippen LogP contribution is -2.34. The Kier molecular flexibility index (Phi) is 5.96. The van der Waals surface area contributed by atoms with Gasteiger partial charge in [0.15, 0.2) is 6.10 Å². The number of benzene rings is 2. The SMILES string of the molecule is Cc1ccc(N(C)c2c(C(OC(C)(C)C)C(=O)O)n(C)c(=O)c3ccccc23)cc1C. The molecule has 0 spiro atoms. The van der Waals surface area contributed by atoms with E-state index in [0.717, 1.165) is 11.3 Å². The lowest BCUT2D eigenvalue weighted by atomic mass is 10.0. The molecule has 0 fully saturated rings. The number of aliphatic carboxylic acids is 1. The van der Waals surface area contributed by atoms with Crippen molar-refractivity contribution in [2.45, 2.75) is 46.3 Å². The van der Waals surface area contributed by atoms with Crippen LogP contribution in [0.5, 0.6) is 0 Å². The van der Waals surface area contributed by atoms with E-state index < -0.39 is 17.7 Å². The summed E-state index contributed by atoms with van der Waals surface area (Å²) in [6.45, 7) is 9.48. The summed E-state index contributed by atoms with van der Waals surface area (Å²) in [7, 11) is 3.49. The first-order valence-electron chi connectivity index (χ1n) is 10.3. The van der Waals surface area contributed by atoms with Crippen molar-refractivity contribution in [2.75, 3.05) is 11.9 Å². The van der Waals surface area contributed by atoms with Gasteiger partial charge in [-0.25, -0.2) is 4.79 Å². The molecule has 0 aliphatic carbocycles. The van der Waals surface area contributed by atoms with Crippen LogP contribution in [0.25, 0.3) is 10.8 Å². The van der Waals surface area contributed by atoms with Gasteiger partial charge in [0.25, 0.3) is 5.56 Å². The molecule has 0 saturated carbocycles. The first-order valence-corrected chi connectivity index (χ1v) is 10.3. The molecule has 1 aromatic heterocycles. The van der Waals surface area contributed by atoms with Crippen LogP contribution in [0, 0.1) is 13.8 Å². The smallest absolute Gasteiger partial charge is 0.339 e. The van der Waals surface area contributed by atoms with Gasteiger partial charge in [0.05, 0.1) is 17.0 Å². The van der Waals surface area contributed by atoms with Gasteiger partial charge in [0.1, 0.15) is 0 Å². The molecular weight excluding hydrogens is 392 g/mol. The molecule has 0 saturated heterocycles. The van der Waals surface area contributed by atoms with Gasteiger partial charge in [-0.1, -0.05) is 24.3 Å². The summed E-state index contributed by atoms with van der Waals surface area (Å²) in [5.74, 6) is -1.14. The van der Waals surface area contributed by atoms with E-state index in [2.05, 4.69) is 6.07 Å². The largest absolute Gasteiger partial charge is 0.479 e. The van der Waals surface area contributed by atoms with Gasteiger partial charge in [-0.05, 0) is 63.9 Å². The highest BCUT2D eigenvalue weighted by Crippen LogP contribution is 2.38. The number of hydrogen-bond donors (Lipinski definition) is 1. The Balaban J connectivity index is 2.40. The number of ether oxygens (including phenoxy) is 1. The van der Waals surface area contributed by atoms with E-state index in [9.17, 15) is 14.7 Å². The van der Waals surface area contributed by atoms with E-state index in [1.165, 1.54) is 10.1 Å². The molecule has 0 bridgehead atoms. The molecule has 0 aliphatic rings. The molecule has 2 aromatic carbocycles. The Morgan fingerprint density at radius 2 is 1.68 bits per heavy atom. The van der Waals surface area contributed by atoms with E-state index in [4.69, 9.17) is 4.74 Å². The minimum absolute atomic E-state index is 0.258. The van der Waals surface area contributed by atoms with Crippen LogP contribution in [0.4, 0.5) is 11.4 Å². The number of aryl methyl sites for hydroxylation is 2. The van der Waals surface area contributed by atoms with Crippen molar-refractivity contribution in [1.29, 1.82) is 0 Å². The van der Waals surface area contributed by atoms with Crippen LogP contribution in [0.2, 0.25) is 0 Å². The third kappa shape index (κ3) is 4.35. The van der Waals surface area contributed by atoms with Crippen LogP contribution in [0.1, 0.15) is 43.7 Å². The van der Waals surface area contributed by atoms with Crippen LogP contribution < -0.4 is 10.5 Å². The Bertz CT molecular complexity index is 1200. The van der Waals surface area contributed by atoms with E-state index in [1.54, 1.807) is 33.9 Å². The predicted octanol–water partition coefficient (Wildman–Crippen LogP) is 4.86. The Morgan fingerprint density at radius 3 is 2.23 bits per heavy atom. The highest BCUT2D eigenvalue weighted by molar-refractivity contribution is 5.98. The second kappa shape index (κ2) is 8.19. The van der Waals surface area contributed by atoms with E-state index >= 15 is 0 Å². The van der Waals surface area contributed by atoms with Crippen LogP contribution in [-0.2, 0) is 16.6 Å². The Morgan fingerprint density at radius 1 is 1.06 bits per heavy atom. The number of rotatable bonds is 5. The van der Waals surface area contributed by atoms with Crippen LogP contribution in [0.3, 0.4) is 0 Å². The number of carboxylic acid groups (broad SMARTS) is 1. The fourth-order valence-corrected chi connectivity index (χ4v) is 3.76. The number of carbonyl (C=O) groups is 1. The maximum Gasteiger partial charge on any atom is 0.339 e. The number of aromatic nitrogens is 1. The fraction of sp³-hybridized carbons (Fsp3) is 0.360. The summed E-state index contributed by atoms with van der Waals surface area (Å²) < 4.78 is 7.36. The quantitative estimate of drug-likeness (QED) is 0.635. The normalized spacial score (nSPS) is 12.7. The van der Waals surface area contributed by atoms with Crippen LogP contribution in [0.15, 0.2) is 47.3 Å². The van der Waals surface area contributed by atoms with Crippen molar-refractivity contribution in [2.24, 2.45) is 7.05 Å². The van der Waals surface area contributed by atoms with Gasteiger partial charge in [-0.2, -0.15) is 0 Å². The van der Waals surface area contributed by atoms with Gasteiger partial charge >= 0.3 is 5.97 Å². The zero-order valence-electron chi connectivity index (χ0n) is 19.2. The molecule has 3 aromatic rings. The molecule has 1 N–H and O–H groups in total. The Hall–Kier alpha value is -3.12. The van der Waals surface area contributed by atoms with Gasteiger partial charge in [-0.15, -0.1) is 0 Å². The number of pyridine rings is 1. The summed E-state index contributed by atoms with van der Waals surface area (Å²) in [5.41, 5.74) is 3.16. The van der Waals surface area contributed by atoms with E-state index in [-0.39, 0.29) is 5.56 Å². The van der Waals surface area contributed by atoms with Crippen LogP contribution >= 0.6 is 0 Å². The third-order valence-corrected chi connectivity index (χ3v) is 5.48. The van der Waals surface area contributed by atoms with Gasteiger partial charge in [0.2, 0.25) is 0 Å². The second-order valence-corrected chi connectivity index (χ2v) is 8.92. The number of carboxylic acids is 1. The standard InChI is InChI=1S/C25H30N2O4/c1-15-12-13-17(14-16(15)2)26(6)20-18-10-8-9-11-19(18)23(28)27(7)21(20)22(24(29)30)31-25(3,4)5/h8-14,22H,1-7H3,(H,29,30). The molecule has 31 heavy (non-hydrogen) atoms. The molecule has 0 aliphatic heterocycles. The molecule has 0 radical (unpaired) electrons. The molecular formula is C25H30N2O4. The molecule has 1 unspecified atom stereocenters. The van der Waals surface area contributed by atoms with Crippen molar-refractivity contribution in [1.82, 2.24) is 4.57 Å². The van der Waals surface area contributed by atoms with Crippen molar-refractivity contribution < 1.29 is 14.6 Å². The minimum atomic E-state index is -1.31. The first kappa shape index (κ1) is 22.6. The van der Waals surface area contributed by atoms with Crippen LogP contribution in [-0.4, -0.2) is 28.3 Å². The molecule has 3 rings (SSSR count). The second-order valence-electron chi connectivity index (χ2n) is 8.92. The number of fused-ring (bicyclic) bond motifs is 1. The fourth-order valence-electron chi connectivity index (χ4n) is 3.76. The number of anilines is 2. The summed E-state index contributed by atoms with van der Waals surface area (Å²) in [6.07, 6.45) is -1.31.